The van der Waals surface area contributed by atoms with Gasteiger partial charge in [0.2, 0.25) is 15.9 Å². The summed E-state index contributed by atoms with van der Waals surface area (Å²) in [5.74, 6) is -0.297. The number of carbonyl (C=O) groups is 1. The highest BCUT2D eigenvalue weighted by molar-refractivity contribution is 7.89. The van der Waals surface area contributed by atoms with Crippen LogP contribution in [0, 0.1) is 25.6 Å². The number of hydrogen-bond acceptors (Lipinski definition) is 6. The lowest BCUT2D eigenvalue weighted by atomic mass is 9.96. The van der Waals surface area contributed by atoms with Gasteiger partial charge in [-0.1, -0.05) is 11.3 Å². The molecule has 1 aliphatic heterocycles. The van der Waals surface area contributed by atoms with Gasteiger partial charge in [-0.25, -0.2) is 17.8 Å². The highest BCUT2D eigenvalue weighted by atomic mass is 32.2. The van der Waals surface area contributed by atoms with Crippen LogP contribution in [0.15, 0.2) is 64.1 Å². The lowest BCUT2D eigenvalue weighted by Crippen LogP contribution is -2.44. The number of anilines is 1. The zero-order valence-corrected chi connectivity index (χ0v) is 21.6. The summed E-state index contributed by atoms with van der Waals surface area (Å²) in [7, 11) is -3.75. The first-order valence-corrected chi connectivity index (χ1v) is 14.0. The Morgan fingerprint density at radius 3 is 2.50 bits per heavy atom. The van der Waals surface area contributed by atoms with Crippen LogP contribution >= 0.6 is 11.3 Å². The number of halogens is 1. The Morgan fingerprint density at radius 2 is 1.83 bits per heavy atom. The van der Waals surface area contributed by atoms with Gasteiger partial charge in [0.1, 0.15) is 11.6 Å². The smallest absolute Gasteiger partial charge is 0.243 e. The first-order valence-electron chi connectivity index (χ1n) is 11.7. The number of rotatable bonds is 6. The van der Waals surface area contributed by atoms with E-state index >= 15 is 0 Å². The number of thiazole rings is 1. The molecule has 0 radical (unpaired) electrons. The van der Waals surface area contributed by atoms with E-state index in [4.69, 9.17) is 9.40 Å². The lowest BCUT2D eigenvalue weighted by Gasteiger charge is -2.32. The minimum Gasteiger partial charge on any atom is -0.467 e. The Hall–Kier alpha value is -3.08. The molecule has 5 rings (SSSR count). The Morgan fingerprint density at radius 1 is 1.14 bits per heavy atom. The molecule has 0 N–H and O–H groups in total. The highest BCUT2D eigenvalue weighted by Gasteiger charge is 2.35. The van der Waals surface area contributed by atoms with Crippen molar-refractivity contribution in [3.63, 3.8) is 0 Å². The first-order chi connectivity index (χ1) is 17.2. The van der Waals surface area contributed by atoms with E-state index in [1.807, 2.05) is 26.0 Å². The van der Waals surface area contributed by atoms with Gasteiger partial charge >= 0.3 is 0 Å². The van der Waals surface area contributed by atoms with E-state index in [2.05, 4.69) is 6.07 Å². The standard InChI is InChI=1S/C26H26FN3O4S2/c1-17-14-23-24(15-18(17)2)35-26(28-23)30(16-21-4-3-13-34-21)25(31)19-9-11-29(12-10-19)36(32,33)22-7-5-20(27)6-8-22/h3-8,13-15,19H,9-12,16H2,1-2H3. The maximum atomic E-state index is 13.7. The van der Waals surface area contributed by atoms with Gasteiger partial charge in [-0.05, 0) is 86.3 Å². The summed E-state index contributed by atoms with van der Waals surface area (Å²) in [6.45, 7) is 4.75. The Labute approximate surface area is 213 Å². The minimum atomic E-state index is -3.75. The number of nitrogens with zero attached hydrogens (tertiary/aromatic N) is 3. The van der Waals surface area contributed by atoms with Gasteiger partial charge in [0, 0.05) is 19.0 Å². The van der Waals surface area contributed by atoms with Crippen LogP contribution in [0.3, 0.4) is 0 Å². The van der Waals surface area contributed by atoms with Crippen molar-refractivity contribution in [2.75, 3.05) is 18.0 Å². The largest absolute Gasteiger partial charge is 0.467 e. The molecule has 188 valence electrons. The third-order valence-corrected chi connectivity index (χ3v) is 9.59. The molecule has 0 aliphatic carbocycles. The zero-order chi connectivity index (χ0) is 25.4. The molecular weight excluding hydrogens is 501 g/mol. The van der Waals surface area contributed by atoms with Gasteiger partial charge in [-0.3, -0.25) is 9.69 Å². The molecule has 7 nitrogen and oxygen atoms in total. The minimum absolute atomic E-state index is 0.0492. The summed E-state index contributed by atoms with van der Waals surface area (Å²) in [6.07, 6.45) is 2.34. The van der Waals surface area contributed by atoms with Crippen LogP contribution in [0.4, 0.5) is 9.52 Å². The number of amides is 1. The molecular formula is C26H26FN3O4S2. The first kappa shape index (κ1) is 24.6. The summed E-state index contributed by atoms with van der Waals surface area (Å²) < 4.78 is 47.1. The fourth-order valence-corrected chi connectivity index (χ4v) is 6.92. The zero-order valence-electron chi connectivity index (χ0n) is 20.0. The normalized spacial score (nSPS) is 15.4. The number of fused-ring (bicyclic) bond motifs is 1. The van der Waals surface area contributed by atoms with Crippen LogP contribution in [-0.4, -0.2) is 36.7 Å². The third-order valence-electron chi connectivity index (χ3n) is 6.64. The predicted molar refractivity (Wildman–Crippen MR) is 137 cm³/mol. The number of hydrogen-bond donors (Lipinski definition) is 0. The predicted octanol–water partition coefficient (Wildman–Crippen LogP) is 5.28. The number of furan rings is 1. The average Bonchev–Trinajstić information content (AvgIpc) is 3.52. The lowest BCUT2D eigenvalue weighted by molar-refractivity contribution is -0.123. The summed E-state index contributed by atoms with van der Waals surface area (Å²) in [4.78, 5) is 20.2. The van der Waals surface area contributed by atoms with Gasteiger partial charge in [-0.15, -0.1) is 0 Å². The molecule has 0 saturated carbocycles. The number of benzene rings is 2. The van der Waals surface area contributed by atoms with Crippen molar-refractivity contribution in [1.29, 1.82) is 0 Å². The molecule has 36 heavy (non-hydrogen) atoms. The average molecular weight is 528 g/mol. The van der Waals surface area contributed by atoms with Crippen molar-refractivity contribution in [1.82, 2.24) is 9.29 Å². The monoisotopic (exact) mass is 527 g/mol. The molecule has 3 heterocycles. The van der Waals surface area contributed by atoms with Gasteiger partial charge in [0.25, 0.3) is 0 Å². The fourth-order valence-electron chi connectivity index (χ4n) is 4.40. The van der Waals surface area contributed by atoms with Gasteiger partial charge in [-0.2, -0.15) is 4.31 Å². The Balaban J connectivity index is 1.37. The van der Waals surface area contributed by atoms with E-state index < -0.39 is 15.8 Å². The summed E-state index contributed by atoms with van der Waals surface area (Å²) in [6, 6.07) is 12.5. The highest BCUT2D eigenvalue weighted by Crippen LogP contribution is 2.34. The topological polar surface area (TPSA) is 83.7 Å². The van der Waals surface area contributed by atoms with Gasteiger partial charge in [0.15, 0.2) is 5.13 Å². The van der Waals surface area contributed by atoms with Crippen molar-refractivity contribution in [2.24, 2.45) is 5.92 Å². The van der Waals surface area contributed by atoms with Gasteiger partial charge < -0.3 is 4.42 Å². The summed E-state index contributed by atoms with van der Waals surface area (Å²) >= 11 is 1.46. The quantitative estimate of drug-likeness (QED) is 0.341. The second-order valence-corrected chi connectivity index (χ2v) is 12.0. The number of sulfonamides is 1. The van der Waals surface area contributed by atoms with E-state index in [0.29, 0.717) is 23.7 Å². The van der Waals surface area contributed by atoms with E-state index in [-0.39, 0.29) is 36.4 Å². The van der Waals surface area contributed by atoms with Crippen molar-refractivity contribution >= 4 is 42.6 Å². The molecule has 0 spiro atoms. The molecule has 1 saturated heterocycles. The molecule has 10 heteroatoms. The molecule has 0 atom stereocenters. The number of carbonyl (C=O) groups excluding carboxylic acids is 1. The van der Waals surface area contributed by atoms with E-state index in [0.717, 1.165) is 33.5 Å². The van der Waals surface area contributed by atoms with Crippen LogP contribution in [0.5, 0.6) is 0 Å². The SMILES string of the molecule is Cc1cc2nc(N(Cc3ccco3)C(=O)C3CCN(S(=O)(=O)c4ccc(F)cc4)CC3)sc2cc1C. The summed E-state index contributed by atoms with van der Waals surface area (Å²) in [5.41, 5.74) is 3.14. The van der Waals surface area contributed by atoms with E-state index in [1.54, 1.807) is 17.2 Å². The second kappa shape index (κ2) is 9.76. The van der Waals surface area contributed by atoms with Crippen LogP contribution < -0.4 is 4.90 Å². The molecule has 2 aromatic heterocycles. The number of aromatic nitrogens is 1. The fraction of sp³-hybridized carbons (Fsp3) is 0.308. The third kappa shape index (κ3) is 4.80. The van der Waals surface area contributed by atoms with Gasteiger partial charge in [0.05, 0.1) is 27.9 Å². The molecule has 4 aromatic rings. The Kier molecular flexibility index (Phi) is 6.67. The summed E-state index contributed by atoms with van der Waals surface area (Å²) in [5, 5.41) is 0.595. The molecule has 2 aromatic carbocycles. The Bertz CT molecular complexity index is 1450. The number of aryl methyl sites for hydroxylation is 2. The number of piperidine rings is 1. The molecule has 0 unspecified atom stereocenters. The van der Waals surface area contributed by atoms with Crippen LogP contribution in [-0.2, 0) is 21.4 Å². The van der Waals surface area contributed by atoms with Crippen molar-refractivity contribution < 1.29 is 22.0 Å². The van der Waals surface area contributed by atoms with E-state index in [9.17, 15) is 17.6 Å². The van der Waals surface area contributed by atoms with Crippen molar-refractivity contribution in [2.45, 2.75) is 38.1 Å². The van der Waals surface area contributed by atoms with Crippen molar-refractivity contribution in [3.8, 4) is 0 Å². The molecule has 1 fully saturated rings. The van der Waals surface area contributed by atoms with Crippen LogP contribution in [0.2, 0.25) is 0 Å². The van der Waals surface area contributed by atoms with E-state index in [1.165, 1.54) is 27.8 Å². The van der Waals surface area contributed by atoms with Crippen molar-refractivity contribution in [3.05, 3.63) is 77.5 Å². The maximum absolute atomic E-state index is 13.7. The molecule has 0 bridgehead atoms. The molecule has 1 amide bonds. The van der Waals surface area contributed by atoms with Crippen LogP contribution in [0.1, 0.15) is 29.7 Å². The second-order valence-electron chi connectivity index (χ2n) is 9.04. The maximum Gasteiger partial charge on any atom is 0.243 e. The van der Waals surface area contributed by atoms with Crippen LogP contribution in [0.25, 0.3) is 10.2 Å². The molecule has 1 aliphatic rings.